The fourth-order valence-electron chi connectivity index (χ4n) is 4.70. The zero-order chi connectivity index (χ0) is 22.4. The number of oxazole rings is 1. The number of pyridine rings is 1. The van der Waals surface area contributed by atoms with Gasteiger partial charge < -0.3 is 24.7 Å². The molecule has 2 atom stereocenters. The van der Waals surface area contributed by atoms with Crippen LogP contribution in [0.15, 0.2) is 28.9 Å². The van der Waals surface area contributed by atoms with Gasteiger partial charge in [0.15, 0.2) is 5.58 Å². The van der Waals surface area contributed by atoms with E-state index in [4.69, 9.17) is 38.1 Å². The van der Waals surface area contributed by atoms with E-state index in [1.165, 1.54) is 0 Å². The molecule has 4 heterocycles. The molecule has 2 aliphatic heterocycles. The molecular formula is C22H23Cl2N5O3. The van der Waals surface area contributed by atoms with Crippen LogP contribution in [0.1, 0.15) is 24.1 Å². The molecular weight excluding hydrogens is 453 g/mol. The van der Waals surface area contributed by atoms with Gasteiger partial charge in [0.2, 0.25) is 5.91 Å². The first-order valence-electron chi connectivity index (χ1n) is 10.5. The zero-order valence-electron chi connectivity index (χ0n) is 17.6. The van der Waals surface area contributed by atoms with Crippen LogP contribution < -0.4 is 10.6 Å². The van der Waals surface area contributed by atoms with Crippen molar-refractivity contribution < 1.29 is 13.9 Å². The van der Waals surface area contributed by atoms with Crippen LogP contribution in [0.5, 0.6) is 0 Å². The number of hydrogen-bond donors (Lipinski definition) is 1. The summed E-state index contributed by atoms with van der Waals surface area (Å²) in [5.41, 5.74) is 9.71. The molecule has 2 aliphatic rings. The fraction of sp³-hybridized carbons (Fsp3) is 0.409. The molecule has 0 bridgehead atoms. The highest BCUT2D eigenvalue weighted by atomic mass is 35.5. The topological polar surface area (TPSA) is 97.7 Å². The predicted molar refractivity (Wildman–Crippen MR) is 123 cm³/mol. The summed E-state index contributed by atoms with van der Waals surface area (Å²) in [7, 11) is 0. The molecule has 1 unspecified atom stereocenters. The van der Waals surface area contributed by atoms with Crippen molar-refractivity contribution in [2.75, 3.05) is 43.5 Å². The lowest BCUT2D eigenvalue weighted by Crippen LogP contribution is -2.46. The van der Waals surface area contributed by atoms with Crippen molar-refractivity contribution in [3.63, 3.8) is 0 Å². The van der Waals surface area contributed by atoms with E-state index in [0.717, 1.165) is 16.8 Å². The van der Waals surface area contributed by atoms with E-state index in [1.54, 1.807) is 18.5 Å². The molecule has 1 fully saturated rings. The van der Waals surface area contributed by atoms with E-state index >= 15 is 0 Å². The average molecular weight is 476 g/mol. The number of benzene rings is 1. The lowest BCUT2D eigenvalue weighted by Gasteiger charge is -2.38. The van der Waals surface area contributed by atoms with Gasteiger partial charge in [0.1, 0.15) is 11.2 Å². The number of halogens is 2. The molecule has 1 saturated heterocycles. The molecule has 10 heteroatoms. The molecule has 3 aromatic rings. The Kier molecular flexibility index (Phi) is 5.61. The number of nitrogen functional groups attached to an aromatic ring is 1. The second-order valence-electron chi connectivity index (χ2n) is 8.19. The molecule has 5 rings (SSSR count). The van der Waals surface area contributed by atoms with Crippen LogP contribution in [-0.2, 0) is 16.0 Å². The van der Waals surface area contributed by atoms with Crippen molar-refractivity contribution in [3.05, 3.63) is 45.7 Å². The Labute approximate surface area is 195 Å². The number of ether oxygens (including phenoxy) is 1. The molecule has 0 spiro atoms. The van der Waals surface area contributed by atoms with Crippen LogP contribution in [0.2, 0.25) is 10.0 Å². The van der Waals surface area contributed by atoms with Gasteiger partial charge in [0.25, 0.3) is 6.01 Å². The van der Waals surface area contributed by atoms with Gasteiger partial charge in [0, 0.05) is 29.7 Å². The molecule has 2 N–H and O–H groups in total. The number of hydrogen-bond acceptors (Lipinski definition) is 7. The highest BCUT2D eigenvalue weighted by molar-refractivity contribution is 6.35. The average Bonchev–Trinajstić information content (AvgIpc) is 2.97. The lowest BCUT2D eigenvalue weighted by atomic mass is 9.92. The summed E-state index contributed by atoms with van der Waals surface area (Å²) in [6.45, 7) is 4.54. The van der Waals surface area contributed by atoms with Gasteiger partial charge in [-0.1, -0.05) is 23.2 Å². The number of fused-ring (bicyclic) bond motifs is 2. The molecule has 8 nitrogen and oxygen atoms in total. The molecule has 1 aromatic carbocycles. The van der Waals surface area contributed by atoms with Crippen molar-refractivity contribution in [1.29, 1.82) is 0 Å². The van der Waals surface area contributed by atoms with Crippen LogP contribution in [-0.4, -0.2) is 53.6 Å². The van der Waals surface area contributed by atoms with Crippen LogP contribution >= 0.6 is 23.2 Å². The third-order valence-electron chi connectivity index (χ3n) is 6.22. The second-order valence-corrected chi connectivity index (χ2v) is 9.04. The minimum Gasteiger partial charge on any atom is -0.421 e. The third-order valence-corrected chi connectivity index (χ3v) is 6.75. The number of carbonyl (C=O) groups excluding carboxylic acids is 1. The van der Waals surface area contributed by atoms with Crippen LogP contribution in [0.3, 0.4) is 0 Å². The van der Waals surface area contributed by atoms with E-state index < -0.39 is 0 Å². The zero-order valence-corrected chi connectivity index (χ0v) is 19.1. The maximum atomic E-state index is 13.6. The Balaban J connectivity index is 1.41. The number of nitrogens with zero attached hydrogens (tertiary/aromatic N) is 4. The summed E-state index contributed by atoms with van der Waals surface area (Å²) in [5, 5.41) is 1.21. The number of nitrogens with two attached hydrogens (primary N) is 1. The first kappa shape index (κ1) is 21.3. The molecule has 1 amide bonds. The summed E-state index contributed by atoms with van der Waals surface area (Å²) in [5.74, 6) is -0.304. The van der Waals surface area contributed by atoms with E-state index in [2.05, 4.69) is 14.9 Å². The number of aromatic nitrogens is 2. The lowest BCUT2D eigenvalue weighted by molar-refractivity contribution is -0.139. The van der Waals surface area contributed by atoms with Gasteiger partial charge in [-0.3, -0.25) is 9.78 Å². The van der Waals surface area contributed by atoms with Crippen LogP contribution in [0, 0.1) is 5.92 Å². The molecule has 0 saturated carbocycles. The number of carbonyl (C=O) groups is 1. The van der Waals surface area contributed by atoms with Crippen LogP contribution in [0.25, 0.3) is 11.1 Å². The summed E-state index contributed by atoms with van der Waals surface area (Å²) in [4.78, 5) is 26.0. The number of rotatable bonds is 2. The van der Waals surface area contributed by atoms with E-state index in [1.807, 2.05) is 17.9 Å². The molecule has 32 heavy (non-hydrogen) atoms. The first-order valence-corrected chi connectivity index (χ1v) is 11.3. The minimum absolute atomic E-state index is 0.0401. The summed E-state index contributed by atoms with van der Waals surface area (Å²) >= 11 is 12.7. The van der Waals surface area contributed by atoms with Crippen molar-refractivity contribution in [3.8, 4) is 0 Å². The smallest absolute Gasteiger partial charge is 0.293 e. The van der Waals surface area contributed by atoms with Crippen molar-refractivity contribution in [2.45, 2.75) is 19.4 Å². The second kappa shape index (κ2) is 8.42. The number of amides is 1. The van der Waals surface area contributed by atoms with Gasteiger partial charge in [0.05, 0.1) is 37.6 Å². The quantitative estimate of drug-likeness (QED) is 0.602. The SMILES string of the molecule is C[C@H]1c2c(Cl)cc(Cl)cc2CCN1C(=O)C1COCCN(c2cncc3nc(N)oc23)C1. The first-order chi connectivity index (χ1) is 15.4. The van der Waals surface area contributed by atoms with E-state index in [0.29, 0.717) is 60.4 Å². The van der Waals surface area contributed by atoms with Crippen molar-refractivity contribution in [1.82, 2.24) is 14.9 Å². The van der Waals surface area contributed by atoms with Crippen LogP contribution in [0.4, 0.5) is 11.7 Å². The Morgan fingerprint density at radius 3 is 2.94 bits per heavy atom. The Morgan fingerprint density at radius 2 is 2.09 bits per heavy atom. The Bertz CT molecular complexity index is 1180. The summed E-state index contributed by atoms with van der Waals surface area (Å²) in [6.07, 6.45) is 4.03. The standard InChI is InChI=1S/C22H23Cl2N5O3/c1-12-19-13(6-15(23)7-16(19)24)2-3-29(12)21(30)14-10-28(4-5-31-11-14)18-9-26-8-17-20(18)32-22(25)27-17/h6-9,12,14H,2-5,10-11H2,1H3,(H2,25,27)/t12-,14?/m0/s1. The normalized spacial score (nSPS) is 21.5. The third kappa shape index (κ3) is 3.76. The highest BCUT2D eigenvalue weighted by Gasteiger charge is 2.35. The molecule has 0 radical (unpaired) electrons. The summed E-state index contributed by atoms with van der Waals surface area (Å²) < 4.78 is 11.4. The van der Waals surface area contributed by atoms with Gasteiger partial charge in [-0.15, -0.1) is 0 Å². The summed E-state index contributed by atoms with van der Waals surface area (Å²) in [6, 6.07) is 3.62. The van der Waals surface area contributed by atoms with Gasteiger partial charge in [-0.05, 0) is 36.6 Å². The number of anilines is 2. The maximum absolute atomic E-state index is 13.6. The van der Waals surface area contributed by atoms with Gasteiger partial charge in [-0.25, -0.2) is 0 Å². The van der Waals surface area contributed by atoms with E-state index in [-0.39, 0.29) is 23.9 Å². The van der Waals surface area contributed by atoms with E-state index in [9.17, 15) is 4.79 Å². The molecule has 0 aliphatic carbocycles. The Hall–Kier alpha value is -2.55. The predicted octanol–water partition coefficient (Wildman–Crippen LogP) is 3.71. The Morgan fingerprint density at radius 1 is 1.25 bits per heavy atom. The maximum Gasteiger partial charge on any atom is 0.293 e. The fourth-order valence-corrected chi connectivity index (χ4v) is 5.39. The molecule has 2 aromatic heterocycles. The molecule has 168 valence electrons. The van der Waals surface area contributed by atoms with Gasteiger partial charge in [-0.2, -0.15) is 4.98 Å². The highest BCUT2D eigenvalue weighted by Crippen LogP contribution is 2.38. The monoisotopic (exact) mass is 475 g/mol. The van der Waals surface area contributed by atoms with Crippen molar-refractivity contribution in [2.24, 2.45) is 5.92 Å². The van der Waals surface area contributed by atoms with Crippen molar-refractivity contribution >= 4 is 51.9 Å². The largest absolute Gasteiger partial charge is 0.421 e. The minimum atomic E-state index is -0.344. The van der Waals surface area contributed by atoms with Gasteiger partial charge >= 0.3 is 0 Å².